The van der Waals surface area contributed by atoms with Crippen molar-refractivity contribution in [3.05, 3.63) is 21.1 Å². The summed E-state index contributed by atoms with van der Waals surface area (Å²) in [6.07, 6.45) is 2.72. The summed E-state index contributed by atoms with van der Waals surface area (Å²) in [6, 6.07) is 3.23. The highest BCUT2D eigenvalue weighted by Crippen LogP contribution is 2.34. The maximum atomic E-state index is 12.8. The van der Waals surface area contributed by atoms with E-state index in [0.29, 0.717) is 4.47 Å². The highest BCUT2D eigenvalue weighted by atomic mass is 79.9. The van der Waals surface area contributed by atoms with Gasteiger partial charge in [0.2, 0.25) is 10.0 Å². The molecule has 0 amide bonds. The molecule has 1 unspecified atom stereocenters. The molecule has 1 atom stereocenters. The van der Waals surface area contributed by atoms with Crippen molar-refractivity contribution in [1.29, 1.82) is 0 Å². The van der Waals surface area contributed by atoms with Crippen molar-refractivity contribution in [2.75, 3.05) is 24.8 Å². The summed E-state index contributed by atoms with van der Waals surface area (Å²) in [7, 11) is -2.02. The van der Waals surface area contributed by atoms with Crippen molar-refractivity contribution in [2.45, 2.75) is 24.3 Å². The zero-order valence-corrected chi connectivity index (χ0v) is 16.4. The van der Waals surface area contributed by atoms with Gasteiger partial charge in [0.1, 0.15) is 4.90 Å². The zero-order chi connectivity index (χ0) is 15.5. The first-order valence-corrected chi connectivity index (χ1v) is 10.4. The molecule has 0 aromatic heterocycles. The summed E-state index contributed by atoms with van der Waals surface area (Å²) in [5.41, 5.74) is 6.12. The van der Waals surface area contributed by atoms with Gasteiger partial charge in [0.05, 0.1) is 5.69 Å². The number of nitrogens with two attached hydrogens (primary N) is 1. The molecule has 1 rings (SSSR count). The van der Waals surface area contributed by atoms with Gasteiger partial charge in [-0.05, 0) is 40.7 Å². The van der Waals surface area contributed by atoms with Gasteiger partial charge in [0, 0.05) is 27.8 Å². The maximum Gasteiger partial charge on any atom is 0.246 e. The number of hydrogen-bond donors (Lipinski definition) is 1. The number of halogens is 2. The molecule has 114 valence electrons. The number of nitrogens with zero attached hydrogens (tertiary/aromatic N) is 1. The van der Waals surface area contributed by atoms with Crippen LogP contribution in [0.5, 0.6) is 0 Å². The summed E-state index contributed by atoms with van der Waals surface area (Å²) in [5.74, 6) is 0.750. The number of anilines is 1. The van der Waals surface area contributed by atoms with Crippen LogP contribution in [0.15, 0.2) is 26.0 Å². The number of rotatable bonds is 6. The molecule has 0 bridgehead atoms. The molecule has 0 aliphatic rings. The highest BCUT2D eigenvalue weighted by molar-refractivity contribution is 9.11. The van der Waals surface area contributed by atoms with Crippen LogP contribution in [0.3, 0.4) is 0 Å². The van der Waals surface area contributed by atoms with Gasteiger partial charge in [-0.1, -0.05) is 22.9 Å². The van der Waals surface area contributed by atoms with Crippen LogP contribution in [-0.2, 0) is 10.0 Å². The molecule has 0 aliphatic heterocycles. The van der Waals surface area contributed by atoms with Gasteiger partial charge in [-0.3, -0.25) is 0 Å². The van der Waals surface area contributed by atoms with Gasteiger partial charge in [-0.15, -0.1) is 0 Å². The Labute approximate surface area is 141 Å². The molecular weight excluding hydrogens is 428 g/mol. The molecule has 0 saturated heterocycles. The van der Waals surface area contributed by atoms with E-state index in [1.807, 2.05) is 13.2 Å². The number of thioether (sulfide) groups is 1. The molecular formula is C12H18Br2N2O2S2. The molecule has 0 spiro atoms. The Kier molecular flexibility index (Phi) is 6.85. The third-order valence-corrected chi connectivity index (χ3v) is 7.11. The van der Waals surface area contributed by atoms with Crippen molar-refractivity contribution in [3.63, 3.8) is 0 Å². The molecule has 1 aromatic carbocycles. The van der Waals surface area contributed by atoms with Gasteiger partial charge in [0.15, 0.2) is 0 Å². The second-order valence-corrected chi connectivity index (χ2v) is 8.96. The predicted octanol–water partition coefficient (Wildman–Crippen LogP) is 3.56. The fourth-order valence-corrected chi connectivity index (χ4v) is 6.24. The predicted molar refractivity (Wildman–Crippen MR) is 93.7 cm³/mol. The van der Waals surface area contributed by atoms with E-state index < -0.39 is 10.0 Å². The number of nitrogen functional groups attached to an aromatic ring is 1. The summed E-state index contributed by atoms with van der Waals surface area (Å²) >= 11 is 8.22. The second kappa shape index (κ2) is 7.49. The van der Waals surface area contributed by atoms with Crippen LogP contribution in [-0.4, -0.2) is 37.8 Å². The second-order valence-electron chi connectivity index (χ2n) is 4.34. The van der Waals surface area contributed by atoms with Crippen LogP contribution in [0.1, 0.15) is 13.3 Å². The summed E-state index contributed by atoms with van der Waals surface area (Å²) in [5, 5.41) is 0. The number of benzene rings is 1. The first kappa shape index (κ1) is 18.3. The first-order valence-electron chi connectivity index (χ1n) is 5.97. The molecule has 1 aromatic rings. The minimum Gasteiger partial charge on any atom is -0.398 e. The Morgan fingerprint density at radius 1 is 1.40 bits per heavy atom. The topological polar surface area (TPSA) is 63.4 Å². The van der Waals surface area contributed by atoms with E-state index in [1.54, 1.807) is 30.9 Å². The average Bonchev–Trinajstić information content (AvgIpc) is 2.33. The maximum absolute atomic E-state index is 12.8. The Hall–Kier alpha value is 0.240. The molecule has 0 radical (unpaired) electrons. The smallest absolute Gasteiger partial charge is 0.246 e. The SMILES string of the molecule is CCC(CSC)N(C)S(=O)(=O)c1c(N)cc(Br)cc1Br. The lowest BCUT2D eigenvalue weighted by molar-refractivity contribution is 0.385. The lowest BCUT2D eigenvalue weighted by Gasteiger charge is -2.27. The van der Waals surface area contributed by atoms with E-state index in [-0.39, 0.29) is 16.6 Å². The Bertz CT molecular complexity index is 556. The molecule has 20 heavy (non-hydrogen) atoms. The minimum atomic E-state index is -3.62. The summed E-state index contributed by atoms with van der Waals surface area (Å²) < 4.78 is 28.1. The summed E-state index contributed by atoms with van der Waals surface area (Å²) in [6.45, 7) is 1.98. The van der Waals surface area contributed by atoms with E-state index in [0.717, 1.165) is 16.6 Å². The molecule has 2 N–H and O–H groups in total. The van der Waals surface area contributed by atoms with Crippen LogP contribution >= 0.6 is 43.6 Å². The van der Waals surface area contributed by atoms with Crippen LogP contribution in [0, 0.1) is 0 Å². The standard InChI is InChI=1S/C12H18Br2N2O2S2/c1-4-9(7-19-3)16(2)20(17,18)12-10(14)5-8(13)6-11(12)15/h5-6,9H,4,7,15H2,1-3H3. The molecule has 0 aliphatic carbocycles. The molecule has 0 fully saturated rings. The van der Waals surface area contributed by atoms with Crippen LogP contribution in [0.25, 0.3) is 0 Å². The van der Waals surface area contributed by atoms with Crippen LogP contribution < -0.4 is 5.73 Å². The van der Waals surface area contributed by atoms with Gasteiger partial charge < -0.3 is 5.73 Å². The monoisotopic (exact) mass is 444 g/mol. The number of sulfonamides is 1. The van der Waals surface area contributed by atoms with Crippen LogP contribution in [0.2, 0.25) is 0 Å². The first-order chi connectivity index (χ1) is 9.25. The fourth-order valence-electron chi connectivity index (χ4n) is 1.86. The summed E-state index contributed by atoms with van der Waals surface area (Å²) in [4.78, 5) is 0.128. The van der Waals surface area contributed by atoms with E-state index in [2.05, 4.69) is 31.9 Å². The Balaban J connectivity index is 3.30. The molecule has 8 heteroatoms. The fraction of sp³-hybridized carbons (Fsp3) is 0.500. The van der Waals surface area contributed by atoms with Crippen molar-refractivity contribution in [1.82, 2.24) is 4.31 Å². The van der Waals surface area contributed by atoms with Gasteiger partial charge in [0.25, 0.3) is 0 Å². The lowest BCUT2D eigenvalue weighted by atomic mass is 10.3. The van der Waals surface area contributed by atoms with Crippen molar-refractivity contribution < 1.29 is 8.42 Å². The quantitative estimate of drug-likeness (QED) is 0.680. The van der Waals surface area contributed by atoms with E-state index in [4.69, 9.17) is 5.73 Å². The highest BCUT2D eigenvalue weighted by Gasteiger charge is 2.30. The molecule has 0 heterocycles. The third-order valence-electron chi connectivity index (χ3n) is 3.02. The van der Waals surface area contributed by atoms with Crippen molar-refractivity contribution in [3.8, 4) is 0 Å². The van der Waals surface area contributed by atoms with Gasteiger partial charge in [-0.25, -0.2) is 8.42 Å². The lowest BCUT2D eigenvalue weighted by Crippen LogP contribution is -2.38. The normalized spacial score (nSPS) is 13.7. The van der Waals surface area contributed by atoms with E-state index in [1.165, 1.54) is 4.31 Å². The third kappa shape index (κ3) is 3.91. The Morgan fingerprint density at radius 2 is 2.00 bits per heavy atom. The number of hydrogen-bond acceptors (Lipinski definition) is 4. The molecule has 0 saturated carbocycles. The van der Waals surface area contributed by atoms with Crippen molar-refractivity contribution >= 4 is 59.3 Å². The largest absolute Gasteiger partial charge is 0.398 e. The Morgan fingerprint density at radius 3 is 2.45 bits per heavy atom. The average molecular weight is 446 g/mol. The van der Waals surface area contributed by atoms with Gasteiger partial charge >= 0.3 is 0 Å². The zero-order valence-electron chi connectivity index (χ0n) is 11.6. The van der Waals surface area contributed by atoms with Gasteiger partial charge in [-0.2, -0.15) is 16.1 Å². The van der Waals surface area contributed by atoms with Crippen LogP contribution in [0.4, 0.5) is 5.69 Å². The van der Waals surface area contributed by atoms with E-state index >= 15 is 0 Å². The molecule has 4 nitrogen and oxygen atoms in total. The minimum absolute atomic E-state index is 0.0510. The van der Waals surface area contributed by atoms with Crippen molar-refractivity contribution in [2.24, 2.45) is 0 Å². The van der Waals surface area contributed by atoms with E-state index in [9.17, 15) is 8.42 Å².